The molecule has 9 heteroatoms. The van der Waals surface area contributed by atoms with E-state index in [2.05, 4.69) is 39.1 Å². The lowest BCUT2D eigenvalue weighted by Crippen LogP contribution is -2.44. The van der Waals surface area contributed by atoms with E-state index in [1.54, 1.807) is 0 Å². The van der Waals surface area contributed by atoms with E-state index in [-0.39, 0.29) is 17.6 Å². The third kappa shape index (κ3) is 3.50. The number of aromatic nitrogens is 2. The number of carbonyl (C=O) groups is 1. The highest BCUT2D eigenvalue weighted by molar-refractivity contribution is 5.73. The molecule has 5 rings (SSSR count). The van der Waals surface area contributed by atoms with E-state index in [0.29, 0.717) is 5.92 Å². The number of alkyl halides is 3. The Morgan fingerprint density at radius 1 is 1.20 bits per heavy atom. The molecule has 1 aromatic carbocycles. The van der Waals surface area contributed by atoms with Gasteiger partial charge in [-0.1, -0.05) is 24.3 Å². The number of aliphatic carboxylic acids is 1. The van der Waals surface area contributed by atoms with Crippen LogP contribution in [0.1, 0.15) is 37.3 Å². The number of benzene rings is 1. The molecular weight excluding hydrogens is 399 g/mol. The molecule has 1 spiro atoms. The number of piperidine rings is 1. The highest BCUT2D eigenvalue weighted by atomic mass is 19.4. The SMILES string of the molecule is O=C(O)C(F)(F)F.OC1C(C2c3ccccc3-c3cncn32)CCC12CCNCC2. The minimum absolute atomic E-state index is 0.133. The summed E-state index contributed by atoms with van der Waals surface area (Å²) in [5.74, 6) is -2.46. The van der Waals surface area contributed by atoms with Crippen LogP contribution >= 0.6 is 0 Å². The van der Waals surface area contributed by atoms with Crippen LogP contribution in [0, 0.1) is 11.3 Å². The first kappa shape index (κ1) is 20.9. The van der Waals surface area contributed by atoms with E-state index in [1.165, 1.54) is 16.8 Å². The third-order valence-electron chi connectivity index (χ3n) is 6.78. The zero-order valence-electron chi connectivity index (χ0n) is 16.3. The van der Waals surface area contributed by atoms with Crippen molar-refractivity contribution < 1.29 is 28.2 Å². The van der Waals surface area contributed by atoms with Crippen molar-refractivity contribution in [1.29, 1.82) is 0 Å². The van der Waals surface area contributed by atoms with Crippen molar-refractivity contribution in [1.82, 2.24) is 14.9 Å². The number of halogens is 3. The molecule has 1 saturated carbocycles. The predicted octanol–water partition coefficient (Wildman–Crippen LogP) is 3.23. The van der Waals surface area contributed by atoms with Gasteiger partial charge in [-0.15, -0.1) is 0 Å². The fraction of sp³-hybridized carbons (Fsp3) is 0.524. The predicted molar refractivity (Wildman–Crippen MR) is 103 cm³/mol. The Kier molecular flexibility index (Phi) is 5.36. The zero-order chi connectivity index (χ0) is 21.5. The summed E-state index contributed by atoms with van der Waals surface area (Å²) in [6.45, 7) is 2.09. The molecule has 0 amide bonds. The van der Waals surface area contributed by atoms with Crippen LogP contribution in [0.2, 0.25) is 0 Å². The maximum absolute atomic E-state index is 11.3. The van der Waals surface area contributed by atoms with Crippen molar-refractivity contribution in [2.75, 3.05) is 13.1 Å². The van der Waals surface area contributed by atoms with Gasteiger partial charge in [-0.25, -0.2) is 9.78 Å². The van der Waals surface area contributed by atoms with Crippen molar-refractivity contribution >= 4 is 5.97 Å². The maximum Gasteiger partial charge on any atom is 0.490 e. The molecule has 6 nitrogen and oxygen atoms in total. The van der Waals surface area contributed by atoms with Gasteiger partial charge in [-0.3, -0.25) is 0 Å². The molecule has 0 bridgehead atoms. The molecule has 162 valence electrons. The number of hydrogen-bond acceptors (Lipinski definition) is 4. The molecule has 2 fully saturated rings. The van der Waals surface area contributed by atoms with Crippen molar-refractivity contribution in [3.63, 3.8) is 0 Å². The number of imidazole rings is 1. The minimum atomic E-state index is -5.08. The third-order valence-corrected chi connectivity index (χ3v) is 6.78. The Hall–Kier alpha value is -2.39. The largest absolute Gasteiger partial charge is 0.490 e. The second-order valence-corrected chi connectivity index (χ2v) is 8.28. The molecule has 2 aromatic rings. The average Bonchev–Trinajstić information content (AvgIpc) is 3.38. The summed E-state index contributed by atoms with van der Waals surface area (Å²) < 4.78 is 34.0. The summed E-state index contributed by atoms with van der Waals surface area (Å²) in [5.41, 5.74) is 3.98. The molecular formula is C21H24F3N3O3. The molecule has 1 aliphatic carbocycles. The van der Waals surface area contributed by atoms with Gasteiger partial charge in [0.1, 0.15) is 0 Å². The Balaban J connectivity index is 0.000000272. The van der Waals surface area contributed by atoms with Crippen molar-refractivity contribution in [3.05, 3.63) is 42.4 Å². The molecule has 1 aromatic heterocycles. The number of fused-ring (bicyclic) bond motifs is 3. The van der Waals surface area contributed by atoms with Crippen LogP contribution in [-0.2, 0) is 4.79 Å². The van der Waals surface area contributed by atoms with Crippen molar-refractivity contribution in [2.24, 2.45) is 11.3 Å². The molecule has 2 aliphatic heterocycles. The standard InChI is InChI=1S/C19H23N3O.C2HF3O2/c23-18-15(5-6-19(18)7-9-20-10-8-19)17-14-4-2-1-3-13(14)16-11-21-12-22(16)17;3-2(4,5)1(6)7/h1-4,11-12,15,17-18,20,23H,5-10H2;(H,6,7). The van der Waals surface area contributed by atoms with E-state index in [0.717, 1.165) is 38.8 Å². The van der Waals surface area contributed by atoms with E-state index in [1.807, 2.05) is 12.5 Å². The first-order valence-electron chi connectivity index (χ1n) is 10.0. The molecule has 3 aliphatic rings. The van der Waals surface area contributed by atoms with Crippen LogP contribution in [0.15, 0.2) is 36.8 Å². The molecule has 3 atom stereocenters. The van der Waals surface area contributed by atoms with E-state index < -0.39 is 12.1 Å². The number of aliphatic hydroxyl groups excluding tert-OH is 1. The highest BCUT2D eigenvalue weighted by Crippen LogP contribution is 2.55. The van der Waals surface area contributed by atoms with Crippen molar-refractivity contribution in [3.8, 4) is 11.3 Å². The van der Waals surface area contributed by atoms with Gasteiger partial charge in [0, 0.05) is 11.5 Å². The number of carboxylic acids is 1. The van der Waals surface area contributed by atoms with Gasteiger partial charge < -0.3 is 20.1 Å². The smallest absolute Gasteiger partial charge is 0.475 e. The first-order valence-corrected chi connectivity index (χ1v) is 10.0. The lowest BCUT2D eigenvalue weighted by molar-refractivity contribution is -0.192. The molecule has 0 radical (unpaired) electrons. The normalized spacial score (nSPS) is 26.6. The topological polar surface area (TPSA) is 87.4 Å². The van der Waals surface area contributed by atoms with Crippen molar-refractivity contribution in [2.45, 2.75) is 44.0 Å². The van der Waals surface area contributed by atoms with Crippen LogP contribution in [0.4, 0.5) is 13.2 Å². The van der Waals surface area contributed by atoms with Crippen LogP contribution in [0.25, 0.3) is 11.3 Å². The van der Waals surface area contributed by atoms with E-state index in [4.69, 9.17) is 9.90 Å². The number of aliphatic hydroxyl groups is 1. The molecule has 1 saturated heterocycles. The summed E-state index contributed by atoms with van der Waals surface area (Å²) in [6, 6.07) is 8.87. The van der Waals surface area contributed by atoms with Gasteiger partial charge in [0.25, 0.3) is 0 Å². The fourth-order valence-electron chi connectivity index (χ4n) is 5.32. The van der Waals surface area contributed by atoms with Crippen LogP contribution in [0.3, 0.4) is 0 Å². The van der Waals surface area contributed by atoms with Crippen LogP contribution in [0.5, 0.6) is 0 Å². The Morgan fingerprint density at radius 2 is 1.87 bits per heavy atom. The molecule has 3 unspecified atom stereocenters. The van der Waals surface area contributed by atoms with Gasteiger partial charge in [0.2, 0.25) is 0 Å². The number of nitrogens with zero attached hydrogens (tertiary/aromatic N) is 2. The minimum Gasteiger partial charge on any atom is -0.475 e. The maximum atomic E-state index is 11.3. The van der Waals surface area contributed by atoms with E-state index in [9.17, 15) is 18.3 Å². The van der Waals surface area contributed by atoms with Gasteiger partial charge >= 0.3 is 12.1 Å². The van der Waals surface area contributed by atoms with Gasteiger partial charge in [0.15, 0.2) is 0 Å². The summed E-state index contributed by atoms with van der Waals surface area (Å²) in [5, 5.41) is 21.8. The first-order chi connectivity index (χ1) is 14.2. The molecule has 30 heavy (non-hydrogen) atoms. The quantitative estimate of drug-likeness (QED) is 0.656. The summed E-state index contributed by atoms with van der Waals surface area (Å²) in [7, 11) is 0. The molecule has 3 N–H and O–H groups in total. The van der Waals surface area contributed by atoms with Gasteiger partial charge in [-0.2, -0.15) is 13.2 Å². The number of carboxylic acid groups (broad SMARTS) is 1. The van der Waals surface area contributed by atoms with Gasteiger partial charge in [-0.05, 0) is 49.8 Å². The van der Waals surface area contributed by atoms with Crippen LogP contribution < -0.4 is 5.32 Å². The lowest BCUT2D eigenvalue weighted by Gasteiger charge is -2.39. The number of rotatable bonds is 1. The van der Waals surface area contributed by atoms with Crippen LogP contribution in [-0.4, -0.2) is 51.1 Å². The Labute approximate surface area is 171 Å². The monoisotopic (exact) mass is 423 g/mol. The lowest BCUT2D eigenvalue weighted by atomic mass is 9.74. The Morgan fingerprint density at radius 3 is 2.53 bits per heavy atom. The summed E-state index contributed by atoms with van der Waals surface area (Å²) >= 11 is 0. The zero-order valence-corrected chi connectivity index (χ0v) is 16.3. The Bertz CT molecular complexity index is 921. The molecule has 3 heterocycles. The van der Waals surface area contributed by atoms with E-state index >= 15 is 0 Å². The highest BCUT2D eigenvalue weighted by Gasteiger charge is 2.52. The average molecular weight is 423 g/mol. The summed E-state index contributed by atoms with van der Waals surface area (Å²) in [6.07, 6.45) is 3.09. The second-order valence-electron chi connectivity index (χ2n) is 8.28. The summed E-state index contributed by atoms with van der Waals surface area (Å²) in [4.78, 5) is 13.3. The van der Waals surface area contributed by atoms with Gasteiger partial charge in [0.05, 0.1) is 30.4 Å². The second kappa shape index (κ2) is 7.70. The number of nitrogens with one attached hydrogen (secondary N) is 1. The fourth-order valence-corrected chi connectivity index (χ4v) is 5.32. The number of hydrogen-bond donors (Lipinski definition) is 3.